The quantitative estimate of drug-likeness (QED) is 0.797. The number of carbonyl (C=O) groups is 2. The molecule has 1 fully saturated rings. The number of nitrogens with one attached hydrogen (secondary N) is 1. The van der Waals surface area contributed by atoms with Gasteiger partial charge in [-0.05, 0) is 44.0 Å². The fraction of sp³-hybridized carbons (Fsp3) is 0.417. The third-order valence-corrected chi connectivity index (χ3v) is 5.75. The first kappa shape index (κ1) is 21.8. The van der Waals surface area contributed by atoms with Gasteiger partial charge in [-0.15, -0.1) is 0 Å². The van der Waals surface area contributed by atoms with Crippen molar-refractivity contribution in [2.24, 2.45) is 0 Å². The summed E-state index contributed by atoms with van der Waals surface area (Å²) < 4.78 is 5.39. The lowest BCUT2D eigenvalue weighted by molar-refractivity contribution is -0.132. The van der Waals surface area contributed by atoms with Gasteiger partial charge in [-0.3, -0.25) is 14.5 Å². The normalized spacial score (nSPS) is 14.5. The zero-order valence-electron chi connectivity index (χ0n) is 18.3. The summed E-state index contributed by atoms with van der Waals surface area (Å²) >= 11 is 0. The molecule has 1 N–H and O–H groups in total. The fourth-order valence-electron chi connectivity index (χ4n) is 3.75. The van der Waals surface area contributed by atoms with E-state index in [0.29, 0.717) is 39.1 Å². The van der Waals surface area contributed by atoms with Crippen LogP contribution < -0.4 is 10.1 Å². The fourth-order valence-corrected chi connectivity index (χ4v) is 3.75. The molecule has 1 aliphatic heterocycles. The summed E-state index contributed by atoms with van der Waals surface area (Å²) in [6.45, 7) is 9.03. The monoisotopic (exact) mass is 409 g/mol. The zero-order chi connectivity index (χ0) is 21.7. The second-order valence-corrected chi connectivity index (χ2v) is 7.94. The van der Waals surface area contributed by atoms with Gasteiger partial charge < -0.3 is 15.0 Å². The lowest BCUT2D eigenvalue weighted by atomic mass is 10.1. The van der Waals surface area contributed by atoms with Crippen LogP contribution in [0.3, 0.4) is 0 Å². The van der Waals surface area contributed by atoms with Gasteiger partial charge >= 0.3 is 0 Å². The zero-order valence-corrected chi connectivity index (χ0v) is 18.3. The molecule has 2 aromatic rings. The van der Waals surface area contributed by atoms with Gasteiger partial charge in [0, 0.05) is 37.4 Å². The second kappa shape index (κ2) is 9.76. The van der Waals surface area contributed by atoms with E-state index in [-0.39, 0.29) is 11.8 Å². The number of anilines is 1. The highest BCUT2D eigenvalue weighted by Crippen LogP contribution is 2.21. The third-order valence-electron chi connectivity index (χ3n) is 5.75. The molecule has 1 saturated heterocycles. The van der Waals surface area contributed by atoms with E-state index < -0.39 is 0 Å². The predicted octanol–water partition coefficient (Wildman–Crippen LogP) is 2.95. The summed E-state index contributed by atoms with van der Waals surface area (Å²) in [7, 11) is 1.63. The van der Waals surface area contributed by atoms with E-state index in [0.717, 1.165) is 33.7 Å². The van der Waals surface area contributed by atoms with Gasteiger partial charge in [0.15, 0.2) is 0 Å². The average Bonchev–Trinajstić information content (AvgIpc) is 2.72. The molecule has 0 radical (unpaired) electrons. The van der Waals surface area contributed by atoms with Crippen molar-refractivity contribution in [3.8, 4) is 5.75 Å². The number of hydrogen-bond acceptors (Lipinski definition) is 4. The number of carbonyl (C=O) groups excluding carboxylic acids is 2. The molecule has 0 atom stereocenters. The van der Waals surface area contributed by atoms with Crippen LogP contribution in [0.25, 0.3) is 0 Å². The molecular formula is C24H31N3O3. The molecule has 0 bridgehead atoms. The molecule has 1 heterocycles. The number of amides is 2. The number of aryl methyl sites for hydroxylation is 2. The van der Waals surface area contributed by atoms with Gasteiger partial charge in [0.05, 0.1) is 20.1 Å². The third kappa shape index (κ3) is 5.39. The maximum atomic E-state index is 12.8. The van der Waals surface area contributed by atoms with Crippen LogP contribution in [0.1, 0.15) is 22.3 Å². The van der Waals surface area contributed by atoms with Crippen molar-refractivity contribution in [1.82, 2.24) is 9.80 Å². The number of hydrogen-bond donors (Lipinski definition) is 1. The highest BCUT2D eigenvalue weighted by Gasteiger charge is 2.23. The van der Waals surface area contributed by atoms with Gasteiger partial charge in [0.2, 0.25) is 11.8 Å². The molecule has 0 unspecified atom stereocenters. The molecule has 6 heteroatoms. The van der Waals surface area contributed by atoms with Crippen LogP contribution in [0, 0.1) is 20.8 Å². The van der Waals surface area contributed by atoms with Crippen LogP contribution >= 0.6 is 0 Å². The van der Waals surface area contributed by atoms with Crippen molar-refractivity contribution in [1.29, 1.82) is 0 Å². The summed E-state index contributed by atoms with van der Waals surface area (Å²) in [5.74, 6) is 0.821. The lowest BCUT2D eigenvalue weighted by Crippen LogP contribution is -2.50. The van der Waals surface area contributed by atoms with Crippen molar-refractivity contribution in [2.75, 3.05) is 45.2 Å². The maximum absolute atomic E-state index is 12.8. The first-order valence-electron chi connectivity index (χ1n) is 10.4. The average molecular weight is 410 g/mol. The van der Waals surface area contributed by atoms with Crippen molar-refractivity contribution in [2.45, 2.75) is 27.2 Å². The molecule has 160 valence electrons. The molecular weight excluding hydrogens is 378 g/mol. The van der Waals surface area contributed by atoms with Gasteiger partial charge in [-0.2, -0.15) is 0 Å². The van der Waals surface area contributed by atoms with Gasteiger partial charge in [0.25, 0.3) is 0 Å². The molecule has 1 aliphatic rings. The summed E-state index contributed by atoms with van der Waals surface area (Å²) in [5.41, 5.74) is 5.13. The first-order chi connectivity index (χ1) is 14.4. The highest BCUT2D eigenvalue weighted by atomic mass is 16.5. The van der Waals surface area contributed by atoms with Gasteiger partial charge in [-0.25, -0.2) is 0 Å². The van der Waals surface area contributed by atoms with Crippen molar-refractivity contribution < 1.29 is 14.3 Å². The molecule has 0 aromatic heterocycles. The number of methoxy groups -OCH3 is 1. The largest absolute Gasteiger partial charge is 0.496 e. The number of benzene rings is 2. The minimum absolute atomic E-state index is 0.0204. The van der Waals surface area contributed by atoms with Crippen LogP contribution in [-0.2, 0) is 16.0 Å². The molecule has 2 aromatic carbocycles. The summed E-state index contributed by atoms with van der Waals surface area (Å²) in [6, 6.07) is 11.8. The van der Waals surface area contributed by atoms with Gasteiger partial charge in [0.1, 0.15) is 5.75 Å². The molecule has 0 aliphatic carbocycles. The van der Waals surface area contributed by atoms with Crippen LogP contribution in [0.15, 0.2) is 36.4 Å². The van der Waals surface area contributed by atoms with E-state index in [2.05, 4.69) is 10.2 Å². The van der Waals surface area contributed by atoms with E-state index >= 15 is 0 Å². The van der Waals surface area contributed by atoms with Crippen molar-refractivity contribution in [3.63, 3.8) is 0 Å². The number of ether oxygens (including phenoxy) is 1. The van der Waals surface area contributed by atoms with Crippen molar-refractivity contribution >= 4 is 17.5 Å². The lowest BCUT2D eigenvalue weighted by Gasteiger charge is -2.34. The molecule has 2 amide bonds. The Labute approximate surface area is 178 Å². The van der Waals surface area contributed by atoms with Crippen LogP contribution in [-0.4, -0.2) is 61.4 Å². The Morgan fingerprint density at radius 2 is 1.77 bits per heavy atom. The molecule has 6 nitrogen and oxygen atoms in total. The van der Waals surface area contributed by atoms with Crippen molar-refractivity contribution in [3.05, 3.63) is 58.7 Å². The standard InChI is InChI=1S/C24H31N3O3/c1-17-8-9-22(30-4)20(14-17)15-24(29)27-12-10-26(11-13-27)16-23(28)25-21-7-5-6-18(2)19(21)3/h5-9,14H,10-13,15-16H2,1-4H3,(H,25,28). The van der Waals surface area contributed by atoms with Crippen LogP contribution in [0.4, 0.5) is 5.69 Å². The molecule has 3 rings (SSSR count). The molecule has 0 saturated carbocycles. The summed E-state index contributed by atoms with van der Waals surface area (Å²) in [5, 5.41) is 3.01. The topological polar surface area (TPSA) is 61.9 Å². The summed E-state index contributed by atoms with van der Waals surface area (Å²) in [6.07, 6.45) is 0.331. The molecule has 0 spiro atoms. The Bertz CT molecular complexity index is 918. The minimum Gasteiger partial charge on any atom is -0.496 e. The van der Waals surface area contributed by atoms with E-state index in [9.17, 15) is 9.59 Å². The first-order valence-corrected chi connectivity index (χ1v) is 10.4. The Kier molecular flexibility index (Phi) is 7.11. The Morgan fingerprint density at radius 3 is 2.47 bits per heavy atom. The van der Waals surface area contributed by atoms with E-state index in [1.54, 1.807) is 7.11 Å². The number of nitrogens with zero attached hydrogens (tertiary/aromatic N) is 2. The number of piperazine rings is 1. The Balaban J connectivity index is 1.50. The number of rotatable bonds is 6. The SMILES string of the molecule is COc1ccc(C)cc1CC(=O)N1CCN(CC(=O)Nc2cccc(C)c2C)CC1. The van der Waals surface area contributed by atoms with E-state index in [1.807, 2.05) is 62.1 Å². The summed E-state index contributed by atoms with van der Waals surface area (Å²) in [4.78, 5) is 29.2. The smallest absolute Gasteiger partial charge is 0.238 e. The van der Waals surface area contributed by atoms with E-state index in [4.69, 9.17) is 4.74 Å². The minimum atomic E-state index is -0.0204. The van der Waals surface area contributed by atoms with Gasteiger partial charge in [-0.1, -0.05) is 29.8 Å². The van der Waals surface area contributed by atoms with Crippen LogP contribution in [0.5, 0.6) is 5.75 Å². The second-order valence-electron chi connectivity index (χ2n) is 7.94. The highest BCUT2D eigenvalue weighted by molar-refractivity contribution is 5.93. The predicted molar refractivity (Wildman–Crippen MR) is 119 cm³/mol. The van der Waals surface area contributed by atoms with E-state index in [1.165, 1.54) is 0 Å². The Hall–Kier alpha value is -2.86. The maximum Gasteiger partial charge on any atom is 0.238 e. The molecule has 30 heavy (non-hydrogen) atoms. The Morgan fingerprint density at radius 1 is 1.03 bits per heavy atom. The van der Waals surface area contributed by atoms with Crippen LogP contribution in [0.2, 0.25) is 0 Å².